The molecule has 0 saturated heterocycles. The fraction of sp³-hybridized carbons (Fsp3) is 0.429. The van der Waals surface area contributed by atoms with E-state index in [1.165, 1.54) is 0 Å². The summed E-state index contributed by atoms with van der Waals surface area (Å²) in [5.74, 6) is 0.0885. The number of nitrogens with zero attached hydrogens (tertiary/aromatic N) is 2. The summed E-state index contributed by atoms with van der Waals surface area (Å²) < 4.78 is 0. The Kier molecular flexibility index (Phi) is 1.58. The molecule has 5 heteroatoms. The van der Waals surface area contributed by atoms with Crippen LogP contribution in [0, 0.1) is 0 Å². The first-order valence-corrected chi connectivity index (χ1v) is 4.01. The summed E-state index contributed by atoms with van der Waals surface area (Å²) in [6.07, 6.45) is 2.03. The van der Waals surface area contributed by atoms with Crippen LogP contribution in [0.1, 0.15) is 24.6 Å². The molecule has 0 aliphatic heterocycles. The van der Waals surface area contributed by atoms with Crippen molar-refractivity contribution in [2.24, 2.45) is 0 Å². The van der Waals surface area contributed by atoms with Crippen molar-refractivity contribution in [1.82, 2.24) is 9.97 Å². The molecular formula is C7H7ClN2O2. The third-order valence-electron chi connectivity index (χ3n) is 1.78. The van der Waals surface area contributed by atoms with Crippen LogP contribution in [0.2, 0.25) is 5.02 Å². The van der Waals surface area contributed by atoms with E-state index < -0.39 is 0 Å². The average molecular weight is 187 g/mol. The van der Waals surface area contributed by atoms with E-state index in [2.05, 4.69) is 9.97 Å². The highest BCUT2D eigenvalue weighted by molar-refractivity contribution is 6.32. The molecule has 1 aliphatic rings. The van der Waals surface area contributed by atoms with Crippen molar-refractivity contribution < 1.29 is 10.2 Å². The maximum Gasteiger partial charge on any atom is 0.237 e. The summed E-state index contributed by atoms with van der Waals surface area (Å²) in [7, 11) is 0. The van der Waals surface area contributed by atoms with Crippen LogP contribution in [0.5, 0.6) is 11.8 Å². The van der Waals surface area contributed by atoms with Gasteiger partial charge in [0, 0.05) is 5.92 Å². The van der Waals surface area contributed by atoms with E-state index in [1.807, 2.05) is 0 Å². The summed E-state index contributed by atoms with van der Waals surface area (Å²) >= 11 is 5.45. The van der Waals surface area contributed by atoms with Crippen molar-refractivity contribution in [2.45, 2.75) is 18.8 Å². The van der Waals surface area contributed by atoms with Gasteiger partial charge in [-0.3, -0.25) is 0 Å². The molecule has 0 unspecified atom stereocenters. The van der Waals surface area contributed by atoms with E-state index >= 15 is 0 Å². The topological polar surface area (TPSA) is 66.2 Å². The minimum Gasteiger partial charge on any atom is -0.492 e. The standard InChI is InChI=1S/C7H7ClN2O2/c8-4-6(11)9-5(3-1-2-3)10-7(4)12/h3H,1-2H2,(H2,9,10,11,12). The molecular weight excluding hydrogens is 180 g/mol. The number of aromatic hydroxyl groups is 2. The van der Waals surface area contributed by atoms with Gasteiger partial charge in [0.2, 0.25) is 11.8 Å². The molecule has 64 valence electrons. The molecule has 1 saturated carbocycles. The molecule has 1 aliphatic carbocycles. The maximum absolute atomic E-state index is 9.11. The minimum atomic E-state index is -0.342. The van der Waals surface area contributed by atoms with Crippen LogP contribution in [0.15, 0.2) is 0 Å². The Labute approximate surface area is 73.9 Å². The molecule has 1 heterocycles. The summed E-state index contributed by atoms with van der Waals surface area (Å²) in [5, 5.41) is 18.0. The highest BCUT2D eigenvalue weighted by Crippen LogP contribution is 2.40. The monoisotopic (exact) mass is 186 g/mol. The summed E-state index contributed by atoms with van der Waals surface area (Å²) in [6.45, 7) is 0. The normalized spacial score (nSPS) is 16.4. The predicted molar refractivity (Wildman–Crippen MR) is 42.3 cm³/mol. The lowest BCUT2D eigenvalue weighted by molar-refractivity contribution is 0.417. The van der Waals surface area contributed by atoms with E-state index in [0.29, 0.717) is 11.7 Å². The van der Waals surface area contributed by atoms with Crippen LogP contribution in [0.4, 0.5) is 0 Å². The van der Waals surface area contributed by atoms with Gasteiger partial charge in [-0.15, -0.1) is 0 Å². The van der Waals surface area contributed by atoms with Crippen LogP contribution in [0.25, 0.3) is 0 Å². The van der Waals surface area contributed by atoms with Gasteiger partial charge in [0.1, 0.15) is 5.82 Å². The lowest BCUT2D eigenvalue weighted by atomic mass is 10.4. The smallest absolute Gasteiger partial charge is 0.237 e. The second-order valence-electron chi connectivity index (χ2n) is 2.82. The summed E-state index contributed by atoms with van der Waals surface area (Å²) in [4.78, 5) is 7.50. The number of rotatable bonds is 1. The van der Waals surface area contributed by atoms with Gasteiger partial charge in [0.15, 0.2) is 5.02 Å². The molecule has 0 atom stereocenters. The van der Waals surface area contributed by atoms with Gasteiger partial charge < -0.3 is 10.2 Å². The molecule has 1 aromatic rings. The number of halogens is 1. The molecule has 0 amide bonds. The minimum absolute atomic E-state index is 0.181. The number of hydrogen-bond acceptors (Lipinski definition) is 4. The van der Waals surface area contributed by atoms with Crippen LogP contribution in [0.3, 0.4) is 0 Å². The Morgan fingerprint density at radius 3 is 2.08 bits per heavy atom. The molecule has 4 nitrogen and oxygen atoms in total. The number of hydrogen-bond donors (Lipinski definition) is 2. The van der Waals surface area contributed by atoms with Crippen LogP contribution >= 0.6 is 11.6 Å². The number of aromatic nitrogens is 2. The molecule has 0 bridgehead atoms. The van der Waals surface area contributed by atoms with Crippen LogP contribution in [-0.4, -0.2) is 20.2 Å². The zero-order chi connectivity index (χ0) is 8.72. The Morgan fingerprint density at radius 2 is 1.67 bits per heavy atom. The first kappa shape index (κ1) is 7.61. The molecule has 2 N–H and O–H groups in total. The van der Waals surface area contributed by atoms with Gasteiger partial charge in [0.05, 0.1) is 0 Å². The van der Waals surface area contributed by atoms with Crippen molar-refractivity contribution in [2.75, 3.05) is 0 Å². The lowest BCUT2D eigenvalue weighted by Crippen LogP contribution is -1.92. The van der Waals surface area contributed by atoms with Gasteiger partial charge in [-0.2, -0.15) is 9.97 Å². The fourth-order valence-electron chi connectivity index (χ4n) is 0.964. The molecule has 12 heavy (non-hydrogen) atoms. The first-order chi connectivity index (χ1) is 5.68. The van der Waals surface area contributed by atoms with Gasteiger partial charge in [-0.05, 0) is 12.8 Å². The Balaban J connectivity index is 2.45. The van der Waals surface area contributed by atoms with Gasteiger partial charge in [-0.1, -0.05) is 11.6 Å². The predicted octanol–water partition coefficient (Wildman–Crippen LogP) is 1.42. The van der Waals surface area contributed by atoms with Gasteiger partial charge in [-0.25, -0.2) is 0 Å². The van der Waals surface area contributed by atoms with Gasteiger partial charge in [0.25, 0.3) is 0 Å². The zero-order valence-electron chi connectivity index (χ0n) is 6.16. The fourth-order valence-corrected chi connectivity index (χ4v) is 1.05. The van der Waals surface area contributed by atoms with Crippen LogP contribution < -0.4 is 0 Å². The summed E-state index contributed by atoms with van der Waals surface area (Å²) in [5.41, 5.74) is 0. The molecule has 0 spiro atoms. The SMILES string of the molecule is Oc1nc(C2CC2)nc(O)c1Cl. The third-order valence-corrected chi connectivity index (χ3v) is 2.11. The first-order valence-electron chi connectivity index (χ1n) is 3.64. The summed E-state index contributed by atoms with van der Waals surface area (Å²) in [6, 6.07) is 0. The highest BCUT2D eigenvalue weighted by Gasteiger charge is 2.28. The van der Waals surface area contributed by atoms with Crippen LogP contribution in [-0.2, 0) is 0 Å². The third kappa shape index (κ3) is 1.18. The average Bonchev–Trinajstić information content (AvgIpc) is 2.81. The second kappa shape index (κ2) is 2.48. The van der Waals surface area contributed by atoms with E-state index in [-0.39, 0.29) is 16.8 Å². The Hall–Kier alpha value is -1.03. The zero-order valence-corrected chi connectivity index (χ0v) is 6.91. The Bertz CT molecular complexity index is 302. The molecule has 0 radical (unpaired) electrons. The van der Waals surface area contributed by atoms with Crippen molar-refractivity contribution >= 4 is 11.6 Å². The van der Waals surface area contributed by atoms with E-state index in [1.54, 1.807) is 0 Å². The van der Waals surface area contributed by atoms with Crippen molar-refractivity contribution in [3.63, 3.8) is 0 Å². The van der Waals surface area contributed by atoms with Crippen molar-refractivity contribution in [3.8, 4) is 11.8 Å². The molecule has 2 rings (SSSR count). The Morgan fingerprint density at radius 1 is 1.17 bits per heavy atom. The maximum atomic E-state index is 9.11. The van der Waals surface area contributed by atoms with E-state index in [0.717, 1.165) is 12.8 Å². The van der Waals surface area contributed by atoms with Crippen molar-refractivity contribution in [3.05, 3.63) is 10.8 Å². The highest BCUT2D eigenvalue weighted by atomic mass is 35.5. The van der Waals surface area contributed by atoms with Crippen molar-refractivity contribution in [1.29, 1.82) is 0 Å². The molecule has 0 aromatic carbocycles. The van der Waals surface area contributed by atoms with E-state index in [9.17, 15) is 0 Å². The molecule has 1 aromatic heterocycles. The molecule has 1 fully saturated rings. The lowest BCUT2D eigenvalue weighted by Gasteiger charge is -2.00. The van der Waals surface area contributed by atoms with Gasteiger partial charge >= 0.3 is 0 Å². The quantitative estimate of drug-likeness (QED) is 0.696. The van der Waals surface area contributed by atoms with E-state index in [4.69, 9.17) is 21.8 Å². The second-order valence-corrected chi connectivity index (χ2v) is 3.20. The largest absolute Gasteiger partial charge is 0.492 e.